The van der Waals surface area contributed by atoms with Gasteiger partial charge in [0.25, 0.3) is 0 Å². The summed E-state index contributed by atoms with van der Waals surface area (Å²) >= 11 is 0. The second kappa shape index (κ2) is 8.52. The number of rotatable bonds is 8. The molecule has 0 aliphatic heterocycles. The van der Waals surface area contributed by atoms with E-state index in [0.717, 1.165) is 40.6 Å². The first-order chi connectivity index (χ1) is 14.6. The fourth-order valence-electron chi connectivity index (χ4n) is 4.05. The highest BCUT2D eigenvalue weighted by Gasteiger charge is 2.29. The number of fused-ring (bicyclic) bond motifs is 1. The first-order valence-corrected chi connectivity index (χ1v) is 10.2. The summed E-state index contributed by atoms with van der Waals surface area (Å²) in [6.45, 7) is 3.75. The van der Waals surface area contributed by atoms with Gasteiger partial charge in [-0.1, -0.05) is 48.9 Å². The summed E-state index contributed by atoms with van der Waals surface area (Å²) in [5.74, 6) is 0.666. The minimum atomic E-state index is -0.107. The molecular formula is C22H25N7O. The average Bonchev–Trinajstić information content (AvgIpc) is 3.41. The minimum absolute atomic E-state index is 0.0693. The number of aromatic amines is 1. The lowest BCUT2D eigenvalue weighted by Gasteiger charge is -2.23. The van der Waals surface area contributed by atoms with Gasteiger partial charge in [-0.25, -0.2) is 9.78 Å². The molecule has 0 saturated carbocycles. The van der Waals surface area contributed by atoms with Crippen LogP contribution in [0.3, 0.4) is 0 Å². The molecule has 1 N–H and O–H groups in total. The quantitative estimate of drug-likeness (QED) is 0.483. The van der Waals surface area contributed by atoms with Crippen molar-refractivity contribution >= 4 is 16.8 Å². The van der Waals surface area contributed by atoms with E-state index < -0.39 is 0 Å². The van der Waals surface area contributed by atoms with Gasteiger partial charge in [0, 0.05) is 18.9 Å². The molecule has 0 radical (unpaired) electrons. The van der Waals surface area contributed by atoms with Crippen molar-refractivity contribution in [1.82, 2.24) is 35.6 Å². The Balaban J connectivity index is 1.60. The van der Waals surface area contributed by atoms with E-state index in [-0.39, 0.29) is 17.6 Å². The topological polar surface area (TPSA) is 102 Å². The van der Waals surface area contributed by atoms with Gasteiger partial charge >= 0.3 is 0 Å². The zero-order chi connectivity index (χ0) is 21.1. The highest BCUT2D eigenvalue weighted by atomic mass is 16.1. The van der Waals surface area contributed by atoms with Crippen LogP contribution in [-0.2, 0) is 18.3 Å². The van der Waals surface area contributed by atoms with Gasteiger partial charge < -0.3 is 0 Å². The second-order valence-corrected chi connectivity index (χ2v) is 7.72. The van der Waals surface area contributed by atoms with Gasteiger partial charge in [-0.3, -0.25) is 4.79 Å². The number of carbonyl (C=O) groups is 1. The van der Waals surface area contributed by atoms with E-state index in [1.54, 1.807) is 11.6 Å². The predicted octanol–water partition coefficient (Wildman–Crippen LogP) is 3.48. The normalized spacial score (nSPS) is 13.4. The number of nitrogens with zero attached hydrogens (tertiary/aromatic N) is 6. The van der Waals surface area contributed by atoms with Crippen LogP contribution in [0, 0.1) is 5.92 Å². The van der Waals surface area contributed by atoms with Crippen molar-refractivity contribution in [3.05, 3.63) is 53.9 Å². The van der Waals surface area contributed by atoms with Crippen molar-refractivity contribution in [3.8, 4) is 11.1 Å². The van der Waals surface area contributed by atoms with Crippen LogP contribution < -0.4 is 0 Å². The number of aromatic nitrogens is 7. The van der Waals surface area contributed by atoms with Gasteiger partial charge in [0.1, 0.15) is 11.3 Å². The third-order valence-electron chi connectivity index (χ3n) is 5.67. The number of H-pyrrole nitrogens is 1. The zero-order valence-electron chi connectivity index (χ0n) is 17.4. The van der Waals surface area contributed by atoms with Crippen LogP contribution >= 0.6 is 0 Å². The first kappa shape index (κ1) is 19.9. The van der Waals surface area contributed by atoms with Gasteiger partial charge in [-0.05, 0) is 59.0 Å². The van der Waals surface area contributed by atoms with Crippen molar-refractivity contribution in [2.24, 2.45) is 13.0 Å². The van der Waals surface area contributed by atoms with E-state index in [2.05, 4.69) is 74.3 Å². The molecule has 0 unspecified atom stereocenters. The summed E-state index contributed by atoms with van der Waals surface area (Å²) in [7, 11) is 1.89. The molecule has 0 fully saturated rings. The number of carbonyl (C=O) groups excluding carboxylic acids is 1. The highest BCUT2D eigenvalue weighted by Crippen LogP contribution is 2.31. The predicted molar refractivity (Wildman–Crippen MR) is 114 cm³/mol. The molecule has 0 aliphatic rings. The van der Waals surface area contributed by atoms with Gasteiger partial charge in [-0.2, -0.15) is 0 Å². The minimum Gasteiger partial charge on any atom is -0.300 e. The van der Waals surface area contributed by atoms with E-state index in [1.165, 1.54) is 0 Å². The van der Waals surface area contributed by atoms with Crippen LogP contribution in [0.4, 0.5) is 0 Å². The summed E-state index contributed by atoms with van der Waals surface area (Å²) in [5.41, 5.74) is 5.26. The van der Waals surface area contributed by atoms with Crippen molar-refractivity contribution in [1.29, 1.82) is 0 Å². The summed E-state index contributed by atoms with van der Waals surface area (Å²) in [5, 5.41) is 22.6. The van der Waals surface area contributed by atoms with Crippen molar-refractivity contribution in [3.63, 3.8) is 0 Å². The molecule has 2 aromatic carbocycles. The summed E-state index contributed by atoms with van der Waals surface area (Å²) in [6, 6.07) is 14.6. The molecule has 0 saturated heterocycles. The van der Waals surface area contributed by atoms with Crippen LogP contribution in [-0.4, -0.2) is 41.4 Å². The molecule has 0 bridgehead atoms. The average molecular weight is 403 g/mol. The number of nitrogens with one attached hydrogen (secondary N) is 1. The van der Waals surface area contributed by atoms with Gasteiger partial charge in [0.15, 0.2) is 5.82 Å². The van der Waals surface area contributed by atoms with Crippen LogP contribution in [0.5, 0.6) is 0 Å². The molecule has 0 spiro atoms. The second-order valence-electron chi connectivity index (χ2n) is 7.72. The Kier molecular flexibility index (Phi) is 5.65. The van der Waals surface area contributed by atoms with Crippen molar-refractivity contribution < 1.29 is 4.79 Å². The molecule has 2 aromatic heterocycles. The Bertz CT molecular complexity index is 1130. The number of hydrogen-bond donors (Lipinski definition) is 1. The Labute approximate surface area is 174 Å². The molecule has 30 heavy (non-hydrogen) atoms. The number of aryl methyl sites for hydroxylation is 1. The molecule has 0 aliphatic carbocycles. The molecule has 0 amide bonds. The molecule has 4 aromatic rings. The molecule has 8 nitrogen and oxygen atoms in total. The Morgan fingerprint density at radius 3 is 2.53 bits per heavy atom. The largest absolute Gasteiger partial charge is 0.300 e. The molecule has 2 atom stereocenters. The maximum atomic E-state index is 12.3. The molecule has 2 heterocycles. The maximum absolute atomic E-state index is 12.3. The molecular weight excluding hydrogens is 378 g/mol. The number of Topliss-reactive ketones (excluding diaryl/α,β-unsaturated/α-hetero) is 1. The fourth-order valence-corrected chi connectivity index (χ4v) is 4.05. The van der Waals surface area contributed by atoms with Gasteiger partial charge in [0.2, 0.25) is 0 Å². The lowest BCUT2D eigenvalue weighted by atomic mass is 9.81. The standard InChI is InChI=1S/C22H25N7O/c1-4-5-18(14(2)30)19(22-24-26-27-25-22)12-15-6-8-16(9-7-15)17-10-11-20-21(13-17)29(3)28-23-20/h6-11,13,18-19H,4-5,12H2,1-3H3,(H,24,25,26,27)/t18-,19-/m0/s1. The van der Waals surface area contributed by atoms with E-state index >= 15 is 0 Å². The molecule has 154 valence electrons. The highest BCUT2D eigenvalue weighted by molar-refractivity contribution is 5.81. The number of hydrogen-bond acceptors (Lipinski definition) is 6. The van der Waals surface area contributed by atoms with Crippen LogP contribution in [0.2, 0.25) is 0 Å². The Morgan fingerprint density at radius 2 is 1.87 bits per heavy atom. The summed E-state index contributed by atoms with van der Waals surface area (Å²) in [6.07, 6.45) is 2.45. The summed E-state index contributed by atoms with van der Waals surface area (Å²) < 4.78 is 1.78. The summed E-state index contributed by atoms with van der Waals surface area (Å²) in [4.78, 5) is 12.3. The van der Waals surface area contributed by atoms with E-state index in [9.17, 15) is 4.79 Å². The number of benzene rings is 2. The van der Waals surface area contributed by atoms with E-state index in [4.69, 9.17) is 0 Å². The third-order valence-corrected chi connectivity index (χ3v) is 5.67. The van der Waals surface area contributed by atoms with Crippen LogP contribution in [0.15, 0.2) is 42.5 Å². The fraction of sp³-hybridized carbons (Fsp3) is 0.364. The van der Waals surface area contributed by atoms with Crippen LogP contribution in [0.1, 0.15) is 44.0 Å². The molecule has 4 rings (SSSR count). The van der Waals surface area contributed by atoms with E-state index in [1.807, 2.05) is 13.1 Å². The number of tetrazole rings is 1. The van der Waals surface area contributed by atoms with Crippen molar-refractivity contribution in [2.75, 3.05) is 0 Å². The lowest BCUT2D eigenvalue weighted by Crippen LogP contribution is -2.23. The van der Waals surface area contributed by atoms with E-state index in [0.29, 0.717) is 12.2 Å². The first-order valence-electron chi connectivity index (χ1n) is 10.2. The monoisotopic (exact) mass is 403 g/mol. The lowest BCUT2D eigenvalue weighted by molar-refractivity contribution is -0.121. The Morgan fingerprint density at radius 1 is 1.10 bits per heavy atom. The van der Waals surface area contributed by atoms with Crippen molar-refractivity contribution in [2.45, 2.75) is 39.0 Å². The third kappa shape index (κ3) is 3.98. The smallest absolute Gasteiger partial charge is 0.152 e. The SMILES string of the molecule is CCC[C@@H](C(C)=O)[C@H](Cc1ccc(-c2ccc3nnn(C)c3c2)cc1)c1nnn[nH]1. The molecule has 8 heteroatoms. The van der Waals surface area contributed by atoms with Crippen LogP contribution in [0.25, 0.3) is 22.2 Å². The Hall–Kier alpha value is -3.42. The number of ketones is 1. The van der Waals surface area contributed by atoms with Gasteiger partial charge in [0.05, 0.1) is 5.52 Å². The zero-order valence-corrected chi connectivity index (χ0v) is 17.4. The van der Waals surface area contributed by atoms with Gasteiger partial charge in [-0.15, -0.1) is 10.2 Å². The maximum Gasteiger partial charge on any atom is 0.152 e.